The molecule has 0 amide bonds. The number of hydrogen-bond acceptors (Lipinski definition) is 4. The van der Waals surface area contributed by atoms with Crippen LogP contribution in [-0.2, 0) is 22.5 Å². The number of aldehydes is 1. The summed E-state index contributed by atoms with van der Waals surface area (Å²) >= 11 is 6.02. The first kappa shape index (κ1) is 33.7. The van der Waals surface area contributed by atoms with Crippen LogP contribution in [0.1, 0.15) is 65.3 Å². The lowest BCUT2D eigenvalue weighted by Crippen LogP contribution is -2.30. The number of benzene rings is 3. The number of aromatic carboxylic acids is 1. The molecule has 0 saturated heterocycles. The second-order valence-electron chi connectivity index (χ2n) is 10.5. The summed E-state index contributed by atoms with van der Waals surface area (Å²) in [5.74, 6) is -0.933. The maximum atomic E-state index is 11.3. The number of unbranched alkanes of at least 4 members (excludes halogenated alkanes) is 2. The number of ether oxygens (including phenoxy) is 1. The molecule has 0 saturated carbocycles. The van der Waals surface area contributed by atoms with E-state index in [0.29, 0.717) is 26.1 Å². The number of aryl methyl sites for hydroxylation is 1. The van der Waals surface area contributed by atoms with E-state index in [1.165, 1.54) is 11.1 Å². The quantitative estimate of drug-likeness (QED) is 0.0799. The molecule has 0 spiro atoms. The van der Waals surface area contributed by atoms with Crippen molar-refractivity contribution in [1.29, 1.82) is 0 Å². The zero-order valence-corrected chi connectivity index (χ0v) is 25.5. The third kappa shape index (κ3) is 13.0. The van der Waals surface area contributed by atoms with Crippen LogP contribution in [0.2, 0.25) is 5.02 Å². The molecule has 3 aromatic rings. The zero-order valence-electron chi connectivity index (χ0n) is 24.7. The summed E-state index contributed by atoms with van der Waals surface area (Å²) in [4.78, 5) is 24.5. The van der Waals surface area contributed by atoms with E-state index >= 15 is 0 Å². The largest absolute Gasteiger partial charge is 0.478 e. The normalized spacial score (nSPS) is 12.5. The molecule has 226 valence electrons. The fourth-order valence-corrected chi connectivity index (χ4v) is 4.92. The molecule has 0 fully saturated rings. The van der Waals surface area contributed by atoms with Gasteiger partial charge >= 0.3 is 5.97 Å². The predicted molar refractivity (Wildman–Crippen MR) is 176 cm³/mol. The standard InChI is InChI=1S/C37H42ClNO4/c1-2-11-30(15-16-31-19-23-35(38)24-20-31)12-7-10-27-43-36(33-13-5-3-6-14-33)29-39(25-8-4-9-26-40)28-32-17-21-34(22-18-32)37(41)42/h2-3,5-7,11-14,17-24,26,36H,1,4,8-10,15-16,25,27-29H2,(H,41,42)/b12-7-,30-11+. The van der Waals surface area contributed by atoms with Crippen LogP contribution >= 0.6 is 11.6 Å². The molecule has 1 atom stereocenters. The van der Waals surface area contributed by atoms with Crippen LogP contribution in [0.3, 0.4) is 0 Å². The molecule has 0 aromatic heterocycles. The molecule has 3 aromatic carbocycles. The fraction of sp³-hybridized carbons (Fsp3) is 0.297. The highest BCUT2D eigenvalue weighted by Crippen LogP contribution is 2.22. The topological polar surface area (TPSA) is 66.8 Å². The summed E-state index contributed by atoms with van der Waals surface area (Å²) in [5, 5.41) is 10.0. The zero-order chi connectivity index (χ0) is 30.7. The Morgan fingerprint density at radius 2 is 1.67 bits per heavy atom. The van der Waals surface area contributed by atoms with Gasteiger partial charge in [0, 0.05) is 24.5 Å². The Kier molecular flexibility index (Phi) is 15.2. The van der Waals surface area contributed by atoms with Gasteiger partial charge in [-0.05, 0) is 85.2 Å². The number of carboxylic acids is 1. The minimum Gasteiger partial charge on any atom is -0.478 e. The van der Waals surface area contributed by atoms with Crippen LogP contribution in [-0.4, -0.2) is 42.0 Å². The molecule has 43 heavy (non-hydrogen) atoms. The molecule has 1 N–H and O–H groups in total. The molecule has 0 aliphatic heterocycles. The second kappa shape index (κ2) is 19.4. The lowest BCUT2D eigenvalue weighted by molar-refractivity contribution is -0.107. The van der Waals surface area contributed by atoms with E-state index in [0.717, 1.165) is 61.1 Å². The van der Waals surface area contributed by atoms with Crippen molar-refractivity contribution >= 4 is 23.9 Å². The highest BCUT2D eigenvalue weighted by Gasteiger charge is 2.17. The Balaban J connectivity index is 1.62. The van der Waals surface area contributed by atoms with Crippen molar-refractivity contribution in [3.05, 3.63) is 143 Å². The van der Waals surface area contributed by atoms with Crippen LogP contribution in [0.25, 0.3) is 0 Å². The number of carbonyl (C=O) groups is 2. The third-order valence-corrected chi connectivity index (χ3v) is 7.38. The summed E-state index contributed by atoms with van der Waals surface area (Å²) in [7, 11) is 0. The molecular formula is C37H42ClNO4. The number of carbonyl (C=O) groups excluding carboxylic acids is 1. The molecule has 3 rings (SSSR count). The molecule has 0 bridgehead atoms. The maximum absolute atomic E-state index is 11.3. The van der Waals surface area contributed by atoms with E-state index in [9.17, 15) is 14.7 Å². The van der Waals surface area contributed by atoms with Gasteiger partial charge in [-0.3, -0.25) is 4.90 Å². The Bertz CT molecular complexity index is 1320. The van der Waals surface area contributed by atoms with Crippen molar-refractivity contribution in [1.82, 2.24) is 4.90 Å². The Labute approximate surface area is 261 Å². The van der Waals surface area contributed by atoms with E-state index in [4.69, 9.17) is 16.3 Å². The van der Waals surface area contributed by atoms with Gasteiger partial charge in [-0.15, -0.1) is 0 Å². The summed E-state index contributed by atoms with van der Waals surface area (Å²) < 4.78 is 6.48. The van der Waals surface area contributed by atoms with Crippen LogP contribution in [0, 0.1) is 0 Å². The number of carboxylic acid groups (broad SMARTS) is 1. The van der Waals surface area contributed by atoms with E-state index in [1.54, 1.807) is 12.1 Å². The minimum atomic E-state index is -0.933. The lowest BCUT2D eigenvalue weighted by Gasteiger charge is -2.28. The van der Waals surface area contributed by atoms with Crippen molar-refractivity contribution < 1.29 is 19.4 Å². The van der Waals surface area contributed by atoms with Gasteiger partial charge in [-0.1, -0.05) is 97.1 Å². The summed E-state index contributed by atoms with van der Waals surface area (Å²) in [6.07, 6.45) is 13.9. The van der Waals surface area contributed by atoms with Crippen molar-refractivity contribution in [2.24, 2.45) is 0 Å². The van der Waals surface area contributed by atoms with Gasteiger partial charge in [0.15, 0.2) is 0 Å². The van der Waals surface area contributed by atoms with Gasteiger partial charge in [0.25, 0.3) is 0 Å². The van der Waals surface area contributed by atoms with E-state index < -0.39 is 5.97 Å². The minimum absolute atomic E-state index is 0.132. The van der Waals surface area contributed by atoms with Crippen molar-refractivity contribution in [3.63, 3.8) is 0 Å². The number of halogens is 1. The number of nitrogens with zero attached hydrogens (tertiary/aromatic N) is 1. The Morgan fingerprint density at radius 3 is 2.35 bits per heavy atom. The molecule has 0 radical (unpaired) electrons. The average Bonchev–Trinajstić information content (AvgIpc) is 3.02. The highest BCUT2D eigenvalue weighted by atomic mass is 35.5. The first-order valence-corrected chi connectivity index (χ1v) is 15.2. The fourth-order valence-electron chi connectivity index (χ4n) is 4.79. The Hall–Kier alpha value is -3.77. The molecule has 0 heterocycles. The molecule has 6 heteroatoms. The first-order chi connectivity index (χ1) is 21.0. The molecule has 0 aliphatic rings. The van der Waals surface area contributed by atoms with Crippen LogP contribution < -0.4 is 0 Å². The van der Waals surface area contributed by atoms with E-state index in [-0.39, 0.29) is 11.7 Å². The SMILES string of the molecule is C=C/C=C(\C=C/CCOC(CN(CCCCC=O)Cc1ccc(C(=O)O)cc1)c1ccccc1)CCc1ccc(Cl)cc1. The van der Waals surface area contributed by atoms with Gasteiger partial charge < -0.3 is 14.6 Å². The second-order valence-corrected chi connectivity index (χ2v) is 10.9. The van der Waals surface area contributed by atoms with Crippen LogP contribution in [0.15, 0.2) is 115 Å². The highest BCUT2D eigenvalue weighted by molar-refractivity contribution is 6.30. The third-order valence-electron chi connectivity index (χ3n) is 7.13. The van der Waals surface area contributed by atoms with Crippen LogP contribution in [0.5, 0.6) is 0 Å². The summed E-state index contributed by atoms with van der Waals surface area (Å²) in [6, 6.07) is 25.2. The monoisotopic (exact) mass is 599 g/mol. The average molecular weight is 600 g/mol. The molecule has 1 unspecified atom stereocenters. The number of allylic oxidation sites excluding steroid dienone is 4. The maximum Gasteiger partial charge on any atom is 0.335 e. The number of hydrogen-bond donors (Lipinski definition) is 1. The molecular weight excluding hydrogens is 558 g/mol. The van der Waals surface area contributed by atoms with E-state index in [1.807, 2.05) is 54.6 Å². The van der Waals surface area contributed by atoms with Crippen molar-refractivity contribution in [2.45, 2.75) is 51.2 Å². The van der Waals surface area contributed by atoms with Gasteiger partial charge in [-0.2, -0.15) is 0 Å². The van der Waals surface area contributed by atoms with Gasteiger partial charge in [0.05, 0.1) is 18.3 Å². The smallest absolute Gasteiger partial charge is 0.335 e. The van der Waals surface area contributed by atoms with Crippen LogP contribution in [0.4, 0.5) is 0 Å². The summed E-state index contributed by atoms with van der Waals surface area (Å²) in [6.45, 7) is 6.59. The lowest BCUT2D eigenvalue weighted by atomic mass is 10.0. The molecule has 0 aliphatic carbocycles. The van der Waals surface area contributed by atoms with Crippen molar-refractivity contribution in [2.75, 3.05) is 19.7 Å². The molecule has 5 nitrogen and oxygen atoms in total. The van der Waals surface area contributed by atoms with Gasteiger partial charge in [-0.25, -0.2) is 4.79 Å². The predicted octanol–water partition coefficient (Wildman–Crippen LogP) is 8.66. The van der Waals surface area contributed by atoms with Gasteiger partial charge in [0.1, 0.15) is 6.29 Å². The number of rotatable bonds is 20. The van der Waals surface area contributed by atoms with E-state index in [2.05, 4.69) is 47.9 Å². The summed E-state index contributed by atoms with van der Waals surface area (Å²) in [5.41, 5.74) is 4.88. The Morgan fingerprint density at radius 1 is 0.953 bits per heavy atom. The van der Waals surface area contributed by atoms with Crippen molar-refractivity contribution in [3.8, 4) is 0 Å². The van der Waals surface area contributed by atoms with Gasteiger partial charge in [0.2, 0.25) is 0 Å². The first-order valence-electron chi connectivity index (χ1n) is 14.9.